The quantitative estimate of drug-likeness (QED) is 0.354. The lowest BCUT2D eigenvalue weighted by atomic mass is 10.0. The Morgan fingerprint density at radius 3 is 2.32 bits per heavy atom. The van der Waals surface area contributed by atoms with Crippen molar-refractivity contribution in [2.24, 2.45) is 0 Å². The van der Waals surface area contributed by atoms with Crippen LogP contribution in [0.25, 0.3) is 22.6 Å². The highest BCUT2D eigenvalue weighted by Gasteiger charge is 2.12. The number of phenolic OH excluding ortho intramolecular Hbond substituents is 1. The van der Waals surface area contributed by atoms with E-state index < -0.39 is 0 Å². The van der Waals surface area contributed by atoms with Gasteiger partial charge >= 0.3 is 0 Å². The first-order chi connectivity index (χ1) is 15.1. The highest BCUT2D eigenvalue weighted by Crippen LogP contribution is 2.27. The second-order valence-corrected chi connectivity index (χ2v) is 7.60. The van der Waals surface area contributed by atoms with Crippen molar-refractivity contribution in [1.82, 2.24) is 4.98 Å². The molecule has 0 bridgehead atoms. The Hall–Kier alpha value is -3.53. The van der Waals surface area contributed by atoms with E-state index in [0.717, 1.165) is 46.7 Å². The lowest BCUT2D eigenvalue weighted by molar-refractivity contribution is 0.318. The Morgan fingerprint density at radius 1 is 0.871 bits per heavy atom. The average Bonchev–Trinajstić information content (AvgIpc) is 3.17. The summed E-state index contributed by atoms with van der Waals surface area (Å²) in [5, 5.41) is 9.92. The third-order valence-corrected chi connectivity index (χ3v) is 5.31. The Balaban J connectivity index is 1.41. The minimum atomic E-state index is 0.324. The maximum Gasteiger partial charge on any atom is 0.226 e. The van der Waals surface area contributed by atoms with Crippen LogP contribution < -0.4 is 4.74 Å². The highest BCUT2D eigenvalue weighted by atomic mass is 16.5. The summed E-state index contributed by atoms with van der Waals surface area (Å²) in [6.45, 7) is 4.52. The Kier molecular flexibility index (Phi) is 6.37. The molecular weight excluding hydrogens is 386 g/mol. The van der Waals surface area contributed by atoms with Gasteiger partial charge in [0.2, 0.25) is 5.89 Å². The van der Waals surface area contributed by atoms with Gasteiger partial charge in [0, 0.05) is 12.0 Å². The largest absolute Gasteiger partial charge is 0.508 e. The number of phenols is 1. The minimum Gasteiger partial charge on any atom is -0.508 e. The minimum absolute atomic E-state index is 0.324. The first-order valence-corrected chi connectivity index (χ1v) is 10.7. The van der Waals surface area contributed by atoms with Gasteiger partial charge in [-0.15, -0.1) is 0 Å². The van der Waals surface area contributed by atoms with Gasteiger partial charge in [-0.1, -0.05) is 55.8 Å². The van der Waals surface area contributed by atoms with Crippen LogP contribution in [0.2, 0.25) is 0 Å². The van der Waals surface area contributed by atoms with E-state index >= 15 is 0 Å². The van der Waals surface area contributed by atoms with Crippen LogP contribution in [0.1, 0.15) is 30.4 Å². The van der Waals surface area contributed by atoms with Gasteiger partial charge in [0.25, 0.3) is 0 Å². The third-order valence-electron chi connectivity index (χ3n) is 5.31. The number of oxazole rings is 1. The Bertz CT molecular complexity index is 1130. The first kappa shape index (κ1) is 20.7. The van der Waals surface area contributed by atoms with Crippen molar-refractivity contribution in [1.29, 1.82) is 0 Å². The highest BCUT2D eigenvalue weighted by molar-refractivity contribution is 5.67. The van der Waals surface area contributed by atoms with Crippen LogP contribution in [0.3, 0.4) is 0 Å². The fourth-order valence-corrected chi connectivity index (χ4v) is 3.61. The van der Waals surface area contributed by atoms with E-state index in [-0.39, 0.29) is 0 Å². The topological polar surface area (TPSA) is 55.5 Å². The monoisotopic (exact) mass is 413 g/mol. The van der Waals surface area contributed by atoms with Crippen LogP contribution in [0.5, 0.6) is 11.5 Å². The summed E-state index contributed by atoms with van der Waals surface area (Å²) in [6.07, 6.45) is 2.46. The SMILES string of the molecule is CCCc1cc(OCCc2nc(-c3ccc(-c4ccccc4)cc3)oc2C)ccc1O. The molecule has 0 saturated carbocycles. The maximum atomic E-state index is 9.92. The van der Waals surface area contributed by atoms with Crippen molar-refractivity contribution in [3.63, 3.8) is 0 Å². The van der Waals surface area contributed by atoms with Gasteiger partial charge in [-0.3, -0.25) is 0 Å². The van der Waals surface area contributed by atoms with Crippen LogP contribution in [-0.4, -0.2) is 16.7 Å². The summed E-state index contributed by atoms with van der Waals surface area (Å²) in [6, 6.07) is 24.0. The lowest BCUT2D eigenvalue weighted by Gasteiger charge is -2.08. The number of aromatic nitrogens is 1. The molecule has 4 heteroatoms. The van der Waals surface area contributed by atoms with Crippen molar-refractivity contribution in [2.75, 3.05) is 6.61 Å². The number of rotatable bonds is 8. The molecule has 4 rings (SSSR count). The average molecular weight is 414 g/mol. The lowest BCUT2D eigenvalue weighted by Crippen LogP contribution is -2.03. The van der Waals surface area contributed by atoms with Crippen LogP contribution in [0, 0.1) is 6.92 Å². The molecule has 0 aliphatic carbocycles. The van der Waals surface area contributed by atoms with Gasteiger partial charge in [-0.25, -0.2) is 4.98 Å². The van der Waals surface area contributed by atoms with E-state index in [1.54, 1.807) is 12.1 Å². The van der Waals surface area contributed by atoms with E-state index in [1.165, 1.54) is 5.56 Å². The molecule has 31 heavy (non-hydrogen) atoms. The third kappa shape index (κ3) is 4.97. The van der Waals surface area contributed by atoms with E-state index in [9.17, 15) is 5.11 Å². The molecule has 0 amide bonds. The van der Waals surface area contributed by atoms with Crippen molar-refractivity contribution in [2.45, 2.75) is 33.1 Å². The van der Waals surface area contributed by atoms with Crippen molar-refractivity contribution < 1.29 is 14.3 Å². The maximum absolute atomic E-state index is 9.92. The molecule has 0 radical (unpaired) electrons. The van der Waals surface area contributed by atoms with Crippen LogP contribution in [0.15, 0.2) is 77.2 Å². The standard InChI is InChI=1S/C27H27NO3/c1-3-7-23-18-24(14-15-26(23)29)30-17-16-25-19(2)31-27(28-25)22-12-10-21(11-13-22)20-8-5-4-6-9-20/h4-6,8-15,18,29H,3,7,16-17H2,1-2H3. The van der Waals surface area contributed by atoms with E-state index in [0.29, 0.717) is 24.7 Å². The Labute approximate surface area is 183 Å². The molecule has 0 aliphatic heterocycles. The number of benzene rings is 3. The molecule has 1 heterocycles. The van der Waals surface area contributed by atoms with Gasteiger partial charge in [0.15, 0.2) is 0 Å². The number of aryl methyl sites for hydroxylation is 2. The van der Waals surface area contributed by atoms with Crippen molar-refractivity contribution in [3.05, 3.63) is 89.8 Å². The number of nitrogens with zero attached hydrogens (tertiary/aromatic N) is 1. The van der Waals surface area contributed by atoms with Gasteiger partial charge in [-0.05, 0) is 60.4 Å². The number of aromatic hydroxyl groups is 1. The van der Waals surface area contributed by atoms with E-state index in [2.05, 4.69) is 36.2 Å². The molecule has 1 N–H and O–H groups in total. The molecule has 4 nitrogen and oxygen atoms in total. The van der Waals surface area contributed by atoms with Gasteiger partial charge in [0.05, 0.1) is 12.3 Å². The molecule has 0 saturated heterocycles. The van der Waals surface area contributed by atoms with Crippen molar-refractivity contribution in [3.8, 4) is 34.1 Å². The number of hydrogen-bond donors (Lipinski definition) is 1. The summed E-state index contributed by atoms with van der Waals surface area (Å²) in [4.78, 5) is 4.69. The van der Waals surface area contributed by atoms with E-state index in [4.69, 9.17) is 9.15 Å². The zero-order chi connectivity index (χ0) is 21.6. The van der Waals surface area contributed by atoms with Crippen molar-refractivity contribution >= 4 is 0 Å². The van der Waals surface area contributed by atoms with Crippen LogP contribution >= 0.6 is 0 Å². The molecular formula is C27H27NO3. The fraction of sp³-hybridized carbons (Fsp3) is 0.222. The molecule has 0 atom stereocenters. The summed E-state index contributed by atoms with van der Waals surface area (Å²) in [5.74, 6) is 2.52. The summed E-state index contributed by atoms with van der Waals surface area (Å²) in [5.41, 5.74) is 5.12. The molecule has 1 aromatic heterocycles. The smallest absolute Gasteiger partial charge is 0.226 e. The summed E-state index contributed by atoms with van der Waals surface area (Å²) in [7, 11) is 0. The van der Waals surface area contributed by atoms with Gasteiger partial charge < -0.3 is 14.3 Å². The first-order valence-electron chi connectivity index (χ1n) is 10.7. The van der Waals surface area contributed by atoms with Crippen LogP contribution in [0.4, 0.5) is 0 Å². The zero-order valence-corrected chi connectivity index (χ0v) is 18.0. The molecule has 0 spiro atoms. The van der Waals surface area contributed by atoms with Gasteiger partial charge in [-0.2, -0.15) is 0 Å². The number of ether oxygens (including phenoxy) is 1. The normalized spacial score (nSPS) is 10.9. The van der Waals surface area contributed by atoms with E-state index in [1.807, 2.05) is 43.3 Å². The zero-order valence-electron chi connectivity index (χ0n) is 18.0. The molecule has 0 aliphatic rings. The molecule has 3 aromatic carbocycles. The van der Waals surface area contributed by atoms with Crippen LogP contribution in [-0.2, 0) is 12.8 Å². The molecule has 0 fully saturated rings. The second-order valence-electron chi connectivity index (χ2n) is 7.60. The summed E-state index contributed by atoms with van der Waals surface area (Å²) < 4.78 is 11.8. The predicted octanol–water partition coefficient (Wildman–Crippen LogP) is 6.60. The molecule has 4 aromatic rings. The summed E-state index contributed by atoms with van der Waals surface area (Å²) >= 11 is 0. The second kappa shape index (κ2) is 9.52. The molecule has 158 valence electrons. The number of hydrogen-bond acceptors (Lipinski definition) is 4. The van der Waals surface area contributed by atoms with Gasteiger partial charge in [0.1, 0.15) is 17.3 Å². The Morgan fingerprint density at radius 2 is 1.58 bits per heavy atom. The molecule has 0 unspecified atom stereocenters. The fourth-order valence-electron chi connectivity index (χ4n) is 3.61. The predicted molar refractivity (Wildman–Crippen MR) is 123 cm³/mol.